The molecule has 0 aromatic carbocycles. The number of primary amides is 1. The normalized spacial score (nSPS) is 16.0. The highest BCUT2D eigenvalue weighted by Gasteiger charge is 2.27. The summed E-state index contributed by atoms with van der Waals surface area (Å²) >= 11 is 0. The lowest BCUT2D eigenvalue weighted by molar-refractivity contribution is -0.112. The molecule has 1 unspecified atom stereocenters. The van der Waals surface area contributed by atoms with Gasteiger partial charge in [-0.2, -0.15) is 0 Å². The van der Waals surface area contributed by atoms with Crippen LogP contribution in [0.2, 0.25) is 0 Å². The topological polar surface area (TPSA) is 55.4 Å². The van der Waals surface area contributed by atoms with E-state index in [-0.39, 0.29) is 11.3 Å². The van der Waals surface area contributed by atoms with Gasteiger partial charge in [0.05, 0.1) is 0 Å². The first kappa shape index (κ1) is 21.9. The third kappa shape index (κ3) is 8.92. The number of nitrogens with zero attached hydrogens (tertiary/aromatic N) is 1. The molecular weight excluding hydrogens is 284 g/mol. The number of allylic oxidation sites excluding steroid dienone is 1. The van der Waals surface area contributed by atoms with Crippen molar-refractivity contribution in [3.05, 3.63) is 11.8 Å². The highest BCUT2D eigenvalue weighted by molar-refractivity contribution is 6.38. The summed E-state index contributed by atoms with van der Waals surface area (Å²) in [5.41, 5.74) is 7.49. The van der Waals surface area contributed by atoms with E-state index in [0.717, 1.165) is 25.7 Å². The van der Waals surface area contributed by atoms with Crippen molar-refractivity contribution in [3.8, 4) is 0 Å². The van der Waals surface area contributed by atoms with Crippen LogP contribution in [-0.2, 0) is 4.79 Å². The largest absolute Gasteiger partial charge is 0.365 e. The van der Waals surface area contributed by atoms with Crippen LogP contribution in [0.1, 0.15) is 87.0 Å². The van der Waals surface area contributed by atoms with Crippen molar-refractivity contribution in [1.82, 2.24) is 0 Å². The minimum Gasteiger partial charge on any atom is -0.365 e. The Morgan fingerprint density at radius 3 is 2.22 bits per heavy atom. The number of hydrogen-bond acceptors (Lipinski definition) is 2. The van der Waals surface area contributed by atoms with Gasteiger partial charge in [-0.3, -0.25) is 9.79 Å². The zero-order valence-corrected chi connectivity index (χ0v) is 16.4. The molecule has 0 radical (unpaired) electrons. The van der Waals surface area contributed by atoms with Crippen molar-refractivity contribution in [3.63, 3.8) is 0 Å². The van der Waals surface area contributed by atoms with Crippen LogP contribution in [0.25, 0.3) is 0 Å². The molecule has 0 heterocycles. The molecule has 0 aromatic heterocycles. The van der Waals surface area contributed by atoms with Crippen molar-refractivity contribution in [2.24, 2.45) is 28.0 Å². The first-order valence-electron chi connectivity index (χ1n) is 9.20. The lowest BCUT2D eigenvalue weighted by Crippen LogP contribution is -2.30. The van der Waals surface area contributed by atoms with E-state index in [1.807, 2.05) is 6.20 Å². The second-order valence-electron chi connectivity index (χ2n) is 7.84. The van der Waals surface area contributed by atoms with Crippen molar-refractivity contribution in [1.29, 1.82) is 0 Å². The summed E-state index contributed by atoms with van der Waals surface area (Å²) in [6.07, 6.45) is 8.02. The molecule has 1 atom stereocenters. The zero-order valence-electron chi connectivity index (χ0n) is 16.4. The Hall–Kier alpha value is -1.12. The number of amides is 1. The quantitative estimate of drug-likeness (QED) is 0.502. The number of aliphatic imine (C=N–C) groups is 1. The molecule has 0 saturated carbocycles. The van der Waals surface area contributed by atoms with E-state index in [1.54, 1.807) is 0 Å². The Morgan fingerprint density at radius 2 is 1.83 bits per heavy atom. The average Bonchev–Trinajstić information content (AvgIpc) is 2.44. The summed E-state index contributed by atoms with van der Waals surface area (Å²) in [6, 6.07) is 0. The molecule has 0 aromatic rings. The summed E-state index contributed by atoms with van der Waals surface area (Å²) in [5.74, 6) is 0.663. The van der Waals surface area contributed by atoms with E-state index < -0.39 is 0 Å². The predicted molar refractivity (Wildman–Crippen MR) is 102 cm³/mol. The fourth-order valence-corrected chi connectivity index (χ4v) is 2.97. The van der Waals surface area contributed by atoms with Gasteiger partial charge in [0.15, 0.2) is 0 Å². The van der Waals surface area contributed by atoms with Crippen LogP contribution >= 0.6 is 0 Å². The van der Waals surface area contributed by atoms with Crippen molar-refractivity contribution in [2.45, 2.75) is 87.0 Å². The van der Waals surface area contributed by atoms with Crippen LogP contribution < -0.4 is 5.73 Å². The predicted octanol–water partition coefficient (Wildman–Crippen LogP) is 5.50. The number of rotatable bonds is 11. The molecule has 1 amide bonds. The average molecular weight is 323 g/mol. The maximum absolute atomic E-state index is 11.8. The van der Waals surface area contributed by atoms with Crippen LogP contribution in [0.3, 0.4) is 0 Å². The van der Waals surface area contributed by atoms with Crippen LogP contribution in [-0.4, -0.2) is 11.6 Å². The van der Waals surface area contributed by atoms with Gasteiger partial charge < -0.3 is 5.73 Å². The van der Waals surface area contributed by atoms with Gasteiger partial charge in [-0.15, -0.1) is 0 Å². The SMILES string of the molecule is CCCC/C(=C/N=C(CC(C)(CC)CC(C)C)C(N)=O)C(C)C. The molecule has 0 bridgehead atoms. The number of carbonyl (C=O) groups is 1. The summed E-state index contributed by atoms with van der Waals surface area (Å²) in [7, 11) is 0. The van der Waals surface area contributed by atoms with E-state index in [4.69, 9.17) is 5.73 Å². The van der Waals surface area contributed by atoms with E-state index in [2.05, 4.69) is 53.5 Å². The second kappa shape index (κ2) is 10.6. The van der Waals surface area contributed by atoms with Gasteiger partial charge in [0.1, 0.15) is 5.71 Å². The van der Waals surface area contributed by atoms with Gasteiger partial charge in [0.25, 0.3) is 5.91 Å². The molecular formula is C20H38N2O. The number of nitrogens with two attached hydrogens (primary N) is 1. The first-order chi connectivity index (χ1) is 10.6. The van der Waals surface area contributed by atoms with Crippen LogP contribution in [0.15, 0.2) is 16.8 Å². The number of hydrogen-bond donors (Lipinski definition) is 1. The van der Waals surface area contributed by atoms with E-state index >= 15 is 0 Å². The third-order valence-corrected chi connectivity index (χ3v) is 4.58. The fourth-order valence-electron chi connectivity index (χ4n) is 2.97. The molecule has 0 aliphatic heterocycles. The Bertz CT molecular complexity index is 421. The molecule has 0 aliphatic carbocycles. The molecule has 0 aliphatic rings. The van der Waals surface area contributed by atoms with Gasteiger partial charge in [-0.1, -0.05) is 61.3 Å². The summed E-state index contributed by atoms with van der Waals surface area (Å²) in [6.45, 7) is 15.4. The molecule has 0 saturated heterocycles. The Balaban J connectivity index is 5.32. The highest BCUT2D eigenvalue weighted by atomic mass is 16.1. The molecule has 3 heteroatoms. The van der Waals surface area contributed by atoms with Crippen molar-refractivity contribution in [2.75, 3.05) is 0 Å². The molecule has 2 N–H and O–H groups in total. The third-order valence-electron chi connectivity index (χ3n) is 4.58. The lowest BCUT2D eigenvalue weighted by Gasteiger charge is -2.30. The monoisotopic (exact) mass is 322 g/mol. The van der Waals surface area contributed by atoms with E-state index in [0.29, 0.717) is 24.0 Å². The standard InChI is InChI=1S/C20H38N2O/c1-8-10-11-17(16(5)6)14-22-18(19(21)23)13-20(7,9-2)12-15(3)4/h14-16H,8-13H2,1-7H3,(H2,21,23)/b17-14-,22-18?. The number of unbranched alkanes of at least 4 members (excludes halogenated alkanes) is 1. The second-order valence-corrected chi connectivity index (χ2v) is 7.84. The van der Waals surface area contributed by atoms with Crippen molar-refractivity contribution >= 4 is 11.6 Å². The number of carbonyl (C=O) groups excluding carboxylic acids is 1. The van der Waals surface area contributed by atoms with Gasteiger partial charge in [0, 0.05) is 12.6 Å². The fraction of sp³-hybridized carbons (Fsp3) is 0.800. The first-order valence-corrected chi connectivity index (χ1v) is 9.20. The summed E-state index contributed by atoms with van der Waals surface area (Å²) in [5, 5.41) is 0. The zero-order chi connectivity index (χ0) is 18.0. The van der Waals surface area contributed by atoms with Gasteiger partial charge in [0.2, 0.25) is 0 Å². The summed E-state index contributed by atoms with van der Waals surface area (Å²) < 4.78 is 0. The molecule has 0 fully saturated rings. The molecule has 0 rings (SSSR count). The Kier molecular flexibility index (Phi) is 10.1. The molecule has 134 valence electrons. The maximum atomic E-state index is 11.8. The van der Waals surface area contributed by atoms with E-state index in [1.165, 1.54) is 12.0 Å². The highest BCUT2D eigenvalue weighted by Crippen LogP contribution is 2.34. The van der Waals surface area contributed by atoms with Gasteiger partial charge in [-0.05, 0) is 42.1 Å². The van der Waals surface area contributed by atoms with Crippen LogP contribution in [0.5, 0.6) is 0 Å². The van der Waals surface area contributed by atoms with Crippen molar-refractivity contribution < 1.29 is 4.79 Å². The smallest absolute Gasteiger partial charge is 0.263 e. The van der Waals surface area contributed by atoms with E-state index in [9.17, 15) is 4.79 Å². The minimum atomic E-state index is -0.386. The molecule has 3 nitrogen and oxygen atoms in total. The van der Waals surface area contributed by atoms with Gasteiger partial charge in [-0.25, -0.2) is 0 Å². The lowest BCUT2D eigenvalue weighted by atomic mass is 9.75. The molecule has 0 spiro atoms. The van der Waals surface area contributed by atoms with Crippen LogP contribution in [0, 0.1) is 17.3 Å². The van der Waals surface area contributed by atoms with Gasteiger partial charge >= 0.3 is 0 Å². The van der Waals surface area contributed by atoms with Crippen LogP contribution in [0.4, 0.5) is 0 Å². The minimum absolute atomic E-state index is 0.0806. The summed E-state index contributed by atoms with van der Waals surface area (Å²) in [4.78, 5) is 16.4. The maximum Gasteiger partial charge on any atom is 0.263 e. The Morgan fingerprint density at radius 1 is 1.22 bits per heavy atom. The Labute approximate surface area is 143 Å². The molecule has 23 heavy (non-hydrogen) atoms.